The third kappa shape index (κ3) is 4.54. The standard InChI is InChI=1S/C14H17BrFNO2S/c1-3-4-5-6-11-7-8-13(16)14(20(17,18)19)12(11)9-10(2)15/h3,7-8H,1-2,4-6,9H2,(H2,17,18,19). The van der Waals surface area contributed by atoms with Crippen molar-refractivity contribution in [1.29, 1.82) is 0 Å². The molecule has 0 saturated carbocycles. The second-order valence-electron chi connectivity index (χ2n) is 4.43. The van der Waals surface area contributed by atoms with Gasteiger partial charge in [0.25, 0.3) is 0 Å². The second kappa shape index (κ2) is 7.15. The van der Waals surface area contributed by atoms with Gasteiger partial charge in [-0.1, -0.05) is 34.7 Å². The van der Waals surface area contributed by atoms with Crippen LogP contribution < -0.4 is 5.14 Å². The summed E-state index contributed by atoms with van der Waals surface area (Å²) in [6.07, 6.45) is 4.24. The molecule has 1 aromatic rings. The van der Waals surface area contributed by atoms with E-state index in [9.17, 15) is 12.8 Å². The van der Waals surface area contributed by atoms with E-state index < -0.39 is 20.7 Å². The molecule has 0 heterocycles. The van der Waals surface area contributed by atoms with E-state index in [-0.39, 0.29) is 6.42 Å². The molecule has 0 unspecified atom stereocenters. The molecule has 0 aliphatic rings. The normalized spacial score (nSPS) is 11.3. The van der Waals surface area contributed by atoms with Crippen LogP contribution in [0.15, 0.2) is 40.7 Å². The van der Waals surface area contributed by atoms with Crippen LogP contribution in [0.25, 0.3) is 0 Å². The lowest BCUT2D eigenvalue weighted by molar-refractivity contribution is 0.563. The number of aryl methyl sites for hydroxylation is 1. The smallest absolute Gasteiger partial charge is 0.225 e. The van der Waals surface area contributed by atoms with Gasteiger partial charge in [0, 0.05) is 6.42 Å². The molecule has 0 amide bonds. The van der Waals surface area contributed by atoms with Gasteiger partial charge in [-0.15, -0.1) is 6.58 Å². The van der Waals surface area contributed by atoms with Gasteiger partial charge in [0.05, 0.1) is 0 Å². The van der Waals surface area contributed by atoms with Crippen molar-refractivity contribution in [2.75, 3.05) is 0 Å². The number of unbranched alkanes of at least 4 members (excludes halogenated alkanes) is 1. The Balaban J connectivity index is 3.37. The lowest BCUT2D eigenvalue weighted by Gasteiger charge is -2.14. The maximum absolute atomic E-state index is 13.8. The molecule has 0 radical (unpaired) electrons. The van der Waals surface area contributed by atoms with Gasteiger partial charge in [-0.25, -0.2) is 17.9 Å². The van der Waals surface area contributed by atoms with E-state index in [1.54, 1.807) is 12.1 Å². The largest absolute Gasteiger partial charge is 0.241 e. The quantitative estimate of drug-likeness (QED) is 0.597. The minimum Gasteiger partial charge on any atom is -0.225 e. The number of benzene rings is 1. The average Bonchev–Trinajstić information content (AvgIpc) is 2.29. The predicted molar refractivity (Wildman–Crippen MR) is 82.7 cm³/mol. The maximum atomic E-state index is 13.8. The van der Waals surface area contributed by atoms with Crippen molar-refractivity contribution >= 4 is 26.0 Å². The van der Waals surface area contributed by atoms with Gasteiger partial charge in [0.2, 0.25) is 10.0 Å². The Hall–Kier alpha value is -0.980. The molecule has 1 aromatic carbocycles. The van der Waals surface area contributed by atoms with Crippen LogP contribution >= 0.6 is 15.9 Å². The molecule has 1 rings (SSSR count). The Bertz CT molecular complexity index is 626. The summed E-state index contributed by atoms with van der Waals surface area (Å²) in [6.45, 7) is 7.32. The topological polar surface area (TPSA) is 60.2 Å². The molecule has 0 saturated heterocycles. The Morgan fingerprint density at radius 3 is 2.60 bits per heavy atom. The average molecular weight is 362 g/mol. The van der Waals surface area contributed by atoms with Crippen LogP contribution in [0, 0.1) is 5.82 Å². The van der Waals surface area contributed by atoms with E-state index in [0.29, 0.717) is 16.5 Å². The van der Waals surface area contributed by atoms with Crippen molar-refractivity contribution in [3.05, 3.63) is 52.8 Å². The van der Waals surface area contributed by atoms with Crippen LogP contribution in [0.3, 0.4) is 0 Å². The summed E-state index contributed by atoms with van der Waals surface area (Å²) in [5.74, 6) is -0.830. The molecule has 2 N–H and O–H groups in total. The second-order valence-corrected chi connectivity index (χ2v) is 7.05. The van der Waals surface area contributed by atoms with E-state index in [1.807, 2.05) is 0 Å². The SMILES string of the molecule is C=CCCCc1ccc(F)c(S(N)(=O)=O)c1CC(=C)Br. The Morgan fingerprint density at radius 1 is 1.45 bits per heavy atom. The molecule has 0 atom stereocenters. The van der Waals surface area contributed by atoms with Gasteiger partial charge in [-0.05, 0) is 40.9 Å². The molecule has 3 nitrogen and oxygen atoms in total. The van der Waals surface area contributed by atoms with Crippen molar-refractivity contribution in [2.24, 2.45) is 5.14 Å². The Morgan fingerprint density at radius 2 is 2.10 bits per heavy atom. The van der Waals surface area contributed by atoms with Crippen molar-refractivity contribution in [2.45, 2.75) is 30.6 Å². The number of hydrogen-bond acceptors (Lipinski definition) is 2. The molecule has 20 heavy (non-hydrogen) atoms. The van der Waals surface area contributed by atoms with Gasteiger partial charge in [-0.2, -0.15) is 0 Å². The summed E-state index contributed by atoms with van der Waals surface area (Å²) < 4.78 is 37.6. The van der Waals surface area contributed by atoms with Gasteiger partial charge in [-0.3, -0.25) is 0 Å². The van der Waals surface area contributed by atoms with E-state index in [0.717, 1.165) is 24.5 Å². The highest BCUT2D eigenvalue weighted by molar-refractivity contribution is 9.11. The summed E-state index contributed by atoms with van der Waals surface area (Å²) in [5, 5.41) is 5.13. The van der Waals surface area contributed by atoms with Gasteiger partial charge in [0.15, 0.2) is 0 Å². The zero-order valence-corrected chi connectivity index (χ0v) is 13.4. The molecule has 0 fully saturated rings. The molecular formula is C14H17BrFNO2S. The van der Waals surface area contributed by atoms with Crippen LogP contribution in [0.5, 0.6) is 0 Å². The molecule has 0 aliphatic heterocycles. The van der Waals surface area contributed by atoms with E-state index >= 15 is 0 Å². The van der Waals surface area contributed by atoms with Crippen LogP contribution in [-0.2, 0) is 22.9 Å². The summed E-state index contributed by atoms with van der Waals surface area (Å²) in [5.41, 5.74) is 1.14. The lowest BCUT2D eigenvalue weighted by atomic mass is 9.99. The molecule has 0 aromatic heterocycles. The highest BCUT2D eigenvalue weighted by Gasteiger charge is 2.22. The Labute approximate surface area is 127 Å². The van der Waals surface area contributed by atoms with Gasteiger partial charge < -0.3 is 0 Å². The van der Waals surface area contributed by atoms with Crippen molar-refractivity contribution < 1.29 is 12.8 Å². The third-order valence-electron chi connectivity index (χ3n) is 2.82. The van der Waals surface area contributed by atoms with E-state index in [1.165, 1.54) is 0 Å². The molecule has 6 heteroatoms. The van der Waals surface area contributed by atoms with Crippen LogP contribution in [0.4, 0.5) is 4.39 Å². The molecular weight excluding hydrogens is 345 g/mol. The zero-order chi connectivity index (χ0) is 15.3. The van der Waals surface area contributed by atoms with Gasteiger partial charge >= 0.3 is 0 Å². The summed E-state index contributed by atoms with van der Waals surface area (Å²) in [4.78, 5) is -0.436. The highest BCUT2D eigenvalue weighted by atomic mass is 79.9. The molecule has 0 bridgehead atoms. The van der Waals surface area contributed by atoms with E-state index in [2.05, 4.69) is 29.1 Å². The fourth-order valence-corrected chi connectivity index (χ4v) is 3.17. The number of sulfonamides is 1. The first-order valence-corrected chi connectivity index (χ1v) is 8.38. The van der Waals surface area contributed by atoms with Crippen LogP contribution in [0.1, 0.15) is 24.0 Å². The Kier molecular flexibility index (Phi) is 6.10. The van der Waals surface area contributed by atoms with Crippen molar-refractivity contribution in [1.82, 2.24) is 0 Å². The first-order chi connectivity index (χ1) is 9.27. The number of nitrogens with two attached hydrogens (primary N) is 1. The number of allylic oxidation sites excluding steroid dienone is 2. The first-order valence-electron chi connectivity index (χ1n) is 6.04. The first kappa shape index (κ1) is 17.1. The maximum Gasteiger partial charge on any atom is 0.241 e. The van der Waals surface area contributed by atoms with E-state index in [4.69, 9.17) is 5.14 Å². The third-order valence-corrected chi connectivity index (χ3v) is 4.11. The zero-order valence-electron chi connectivity index (χ0n) is 11.0. The fraction of sp³-hybridized carbons (Fsp3) is 0.286. The highest BCUT2D eigenvalue weighted by Crippen LogP contribution is 2.27. The minimum absolute atomic E-state index is 0.215. The number of rotatable bonds is 7. The van der Waals surface area contributed by atoms with Gasteiger partial charge in [0.1, 0.15) is 10.7 Å². The number of halogens is 2. The fourth-order valence-electron chi connectivity index (χ4n) is 2.00. The van der Waals surface area contributed by atoms with Crippen molar-refractivity contribution in [3.8, 4) is 0 Å². The molecule has 0 aliphatic carbocycles. The number of primary sulfonamides is 1. The molecule has 110 valence electrons. The monoisotopic (exact) mass is 361 g/mol. The molecule has 0 spiro atoms. The predicted octanol–water partition coefficient (Wildman–Crippen LogP) is 3.43. The minimum atomic E-state index is -4.12. The summed E-state index contributed by atoms with van der Waals surface area (Å²) in [6, 6.07) is 2.74. The van der Waals surface area contributed by atoms with Crippen LogP contribution in [-0.4, -0.2) is 8.42 Å². The number of hydrogen-bond donors (Lipinski definition) is 1. The van der Waals surface area contributed by atoms with Crippen LogP contribution in [0.2, 0.25) is 0 Å². The van der Waals surface area contributed by atoms with Crippen molar-refractivity contribution in [3.63, 3.8) is 0 Å². The lowest BCUT2D eigenvalue weighted by Crippen LogP contribution is -2.18. The summed E-state index contributed by atoms with van der Waals surface area (Å²) >= 11 is 3.18. The summed E-state index contributed by atoms with van der Waals surface area (Å²) in [7, 11) is -4.12.